The summed E-state index contributed by atoms with van der Waals surface area (Å²) in [6, 6.07) is 23.1. The number of hydrogen-bond acceptors (Lipinski definition) is 6. The number of amides is 1. The molecule has 1 aliphatic rings. The topological polar surface area (TPSA) is 69.7 Å². The minimum absolute atomic E-state index is 0.153. The number of carbonyl (C=O) groups is 1. The van der Waals surface area contributed by atoms with Gasteiger partial charge in [0.25, 0.3) is 5.91 Å². The van der Waals surface area contributed by atoms with Crippen LogP contribution in [0.25, 0.3) is 10.9 Å². The molecule has 166 valence electrons. The average Bonchev–Trinajstić information content (AvgIpc) is 3.31. The summed E-state index contributed by atoms with van der Waals surface area (Å²) in [5, 5.41) is 4.59. The van der Waals surface area contributed by atoms with Gasteiger partial charge in [-0.25, -0.2) is 4.98 Å². The minimum Gasteiger partial charge on any atom is -0.494 e. The van der Waals surface area contributed by atoms with Gasteiger partial charge in [-0.05, 0) is 61.0 Å². The van der Waals surface area contributed by atoms with E-state index in [1.165, 1.54) is 11.8 Å². The molecule has 1 amide bonds. The van der Waals surface area contributed by atoms with Crippen LogP contribution in [0.5, 0.6) is 17.2 Å². The van der Waals surface area contributed by atoms with Crippen molar-refractivity contribution in [2.45, 2.75) is 23.4 Å². The molecule has 1 aliphatic heterocycles. The number of rotatable bonds is 7. The molecule has 5 rings (SSSR count). The Morgan fingerprint density at radius 1 is 1.03 bits per heavy atom. The lowest BCUT2D eigenvalue weighted by Crippen LogP contribution is -2.23. The molecule has 1 N–H and O–H groups in total. The van der Waals surface area contributed by atoms with Crippen molar-refractivity contribution in [2.75, 3.05) is 13.4 Å². The van der Waals surface area contributed by atoms with E-state index in [0.717, 1.165) is 37.9 Å². The molecular weight excluding hydrogens is 436 g/mol. The van der Waals surface area contributed by atoms with Gasteiger partial charge in [0.05, 0.1) is 17.7 Å². The number of ether oxygens (including phenoxy) is 3. The molecule has 0 radical (unpaired) electrons. The molecule has 3 aromatic carbocycles. The Kier molecular flexibility index (Phi) is 6.04. The fourth-order valence-electron chi connectivity index (χ4n) is 3.61. The zero-order valence-corrected chi connectivity index (χ0v) is 18.9. The molecule has 0 saturated carbocycles. The summed E-state index contributed by atoms with van der Waals surface area (Å²) in [5.41, 5.74) is 2.31. The van der Waals surface area contributed by atoms with Crippen molar-refractivity contribution in [1.82, 2.24) is 10.3 Å². The van der Waals surface area contributed by atoms with E-state index >= 15 is 0 Å². The fraction of sp³-hybridized carbons (Fsp3) is 0.154. The zero-order chi connectivity index (χ0) is 22.6. The second-order valence-electron chi connectivity index (χ2n) is 7.40. The number of fused-ring (bicyclic) bond motifs is 2. The van der Waals surface area contributed by atoms with E-state index < -0.39 is 0 Å². The van der Waals surface area contributed by atoms with E-state index in [2.05, 4.69) is 5.32 Å². The third kappa shape index (κ3) is 4.73. The SMILES string of the molecule is CCOc1ccc(Sc2cc(C(=O)NCc3ccc4c(c3)OCO4)c3ccccc3n2)cc1. The highest BCUT2D eigenvalue weighted by Gasteiger charge is 2.16. The summed E-state index contributed by atoms with van der Waals surface area (Å²) in [5.74, 6) is 2.10. The van der Waals surface area contributed by atoms with E-state index in [0.29, 0.717) is 24.5 Å². The second-order valence-corrected chi connectivity index (χ2v) is 8.50. The molecule has 0 fully saturated rings. The van der Waals surface area contributed by atoms with Crippen molar-refractivity contribution in [1.29, 1.82) is 0 Å². The quantitative estimate of drug-likeness (QED) is 0.398. The normalized spacial score (nSPS) is 12.0. The number of nitrogens with zero attached hydrogens (tertiary/aromatic N) is 1. The zero-order valence-electron chi connectivity index (χ0n) is 18.0. The molecule has 0 spiro atoms. The van der Waals surface area contributed by atoms with E-state index in [1.807, 2.05) is 79.7 Å². The summed E-state index contributed by atoms with van der Waals surface area (Å²) in [7, 11) is 0. The average molecular weight is 459 g/mol. The highest BCUT2D eigenvalue weighted by molar-refractivity contribution is 7.99. The molecule has 33 heavy (non-hydrogen) atoms. The molecule has 4 aromatic rings. The number of hydrogen-bond donors (Lipinski definition) is 1. The number of pyridine rings is 1. The Morgan fingerprint density at radius 2 is 1.85 bits per heavy atom. The van der Waals surface area contributed by atoms with Gasteiger partial charge in [0, 0.05) is 16.8 Å². The second kappa shape index (κ2) is 9.42. The Balaban J connectivity index is 1.37. The van der Waals surface area contributed by atoms with Gasteiger partial charge in [0.15, 0.2) is 11.5 Å². The van der Waals surface area contributed by atoms with Crippen LogP contribution in [-0.2, 0) is 6.54 Å². The van der Waals surface area contributed by atoms with E-state index in [-0.39, 0.29) is 12.7 Å². The van der Waals surface area contributed by atoms with Gasteiger partial charge in [-0.1, -0.05) is 36.0 Å². The Hall–Kier alpha value is -3.71. The van der Waals surface area contributed by atoms with Crippen molar-refractivity contribution in [2.24, 2.45) is 0 Å². The predicted molar refractivity (Wildman–Crippen MR) is 127 cm³/mol. The molecule has 6 nitrogen and oxygen atoms in total. The lowest BCUT2D eigenvalue weighted by molar-refractivity contribution is 0.0952. The third-order valence-corrected chi connectivity index (χ3v) is 6.11. The van der Waals surface area contributed by atoms with Crippen LogP contribution in [-0.4, -0.2) is 24.3 Å². The first-order valence-corrected chi connectivity index (χ1v) is 11.5. The molecular formula is C26H22N2O4S. The number of aromatic nitrogens is 1. The lowest BCUT2D eigenvalue weighted by atomic mass is 10.1. The number of nitrogens with one attached hydrogen (secondary N) is 1. The maximum atomic E-state index is 13.2. The molecule has 0 bridgehead atoms. The van der Waals surface area contributed by atoms with Gasteiger partial charge in [-0.2, -0.15) is 0 Å². The van der Waals surface area contributed by atoms with Crippen LogP contribution in [0.1, 0.15) is 22.8 Å². The molecule has 7 heteroatoms. The predicted octanol–water partition coefficient (Wildman–Crippen LogP) is 5.44. The van der Waals surface area contributed by atoms with Crippen LogP contribution in [0.15, 0.2) is 82.7 Å². The Labute approximate surface area is 195 Å². The van der Waals surface area contributed by atoms with Gasteiger partial charge in [-0.15, -0.1) is 0 Å². The summed E-state index contributed by atoms with van der Waals surface area (Å²) >= 11 is 1.51. The molecule has 0 unspecified atom stereocenters. The van der Waals surface area contributed by atoms with Gasteiger partial charge in [0.2, 0.25) is 6.79 Å². The van der Waals surface area contributed by atoms with Gasteiger partial charge < -0.3 is 19.5 Å². The monoisotopic (exact) mass is 458 g/mol. The summed E-state index contributed by atoms with van der Waals surface area (Å²) in [6.07, 6.45) is 0. The first-order chi connectivity index (χ1) is 16.2. The number of para-hydroxylation sites is 1. The maximum Gasteiger partial charge on any atom is 0.252 e. The van der Waals surface area contributed by atoms with Gasteiger partial charge in [-0.3, -0.25) is 4.79 Å². The lowest BCUT2D eigenvalue weighted by Gasteiger charge is -2.11. The molecule has 0 aliphatic carbocycles. The van der Waals surface area contributed by atoms with E-state index in [9.17, 15) is 4.79 Å². The first kappa shape index (κ1) is 21.2. The number of benzene rings is 3. The van der Waals surface area contributed by atoms with Crippen molar-refractivity contribution in [3.05, 3.63) is 83.9 Å². The molecule has 1 aromatic heterocycles. The number of carbonyl (C=O) groups excluding carboxylic acids is 1. The molecule has 0 saturated heterocycles. The van der Waals surface area contributed by atoms with Crippen LogP contribution in [0.3, 0.4) is 0 Å². The summed E-state index contributed by atoms with van der Waals surface area (Å²) in [6.45, 7) is 3.20. The maximum absolute atomic E-state index is 13.2. The third-order valence-electron chi connectivity index (χ3n) is 5.18. The van der Waals surface area contributed by atoms with Crippen molar-refractivity contribution in [3.8, 4) is 17.2 Å². The summed E-state index contributed by atoms with van der Waals surface area (Å²) in [4.78, 5) is 18.9. The Bertz CT molecular complexity index is 1310. The van der Waals surface area contributed by atoms with E-state index in [4.69, 9.17) is 19.2 Å². The largest absolute Gasteiger partial charge is 0.494 e. The van der Waals surface area contributed by atoms with E-state index in [1.54, 1.807) is 0 Å². The summed E-state index contributed by atoms with van der Waals surface area (Å²) < 4.78 is 16.3. The fourth-order valence-corrected chi connectivity index (χ4v) is 4.45. The van der Waals surface area contributed by atoms with Gasteiger partial charge >= 0.3 is 0 Å². The van der Waals surface area contributed by atoms with Crippen LogP contribution >= 0.6 is 11.8 Å². The van der Waals surface area contributed by atoms with Crippen LogP contribution < -0.4 is 19.5 Å². The van der Waals surface area contributed by atoms with Crippen LogP contribution in [0.4, 0.5) is 0 Å². The standard InChI is InChI=1S/C26H22N2O4S/c1-2-30-18-8-10-19(11-9-18)33-25-14-21(20-5-3-4-6-22(20)28-25)26(29)27-15-17-7-12-23-24(13-17)32-16-31-23/h3-14H,2,15-16H2,1H3,(H,27,29). The van der Waals surface area contributed by atoms with Crippen molar-refractivity contribution in [3.63, 3.8) is 0 Å². The van der Waals surface area contributed by atoms with Crippen molar-refractivity contribution >= 4 is 28.6 Å². The van der Waals surface area contributed by atoms with Crippen LogP contribution in [0.2, 0.25) is 0 Å². The molecule has 2 heterocycles. The smallest absolute Gasteiger partial charge is 0.252 e. The van der Waals surface area contributed by atoms with Crippen molar-refractivity contribution < 1.29 is 19.0 Å². The Morgan fingerprint density at radius 3 is 2.70 bits per heavy atom. The first-order valence-electron chi connectivity index (χ1n) is 10.7. The highest BCUT2D eigenvalue weighted by Crippen LogP contribution is 2.33. The van der Waals surface area contributed by atoms with Crippen LogP contribution in [0, 0.1) is 0 Å². The minimum atomic E-state index is -0.153. The molecule has 0 atom stereocenters. The highest BCUT2D eigenvalue weighted by atomic mass is 32.2. The van der Waals surface area contributed by atoms with Gasteiger partial charge in [0.1, 0.15) is 10.8 Å².